The number of hydrogen-bond donors (Lipinski definition) is 1. The van der Waals surface area contributed by atoms with Gasteiger partial charge >= 0.3 is 6.01 Å². The minimum atomic E-state index is -2.99. The van der Waals surface area contributed by atoms with Gasteiger partial charge < -0.3 is 10.1 Å². The van der Waals surface area contributed by atoms with Crippen molar-refractivity contribution in [1.29, 1.82) is 0 Å². The largest absolute Gasteiger partial charge is 0.423 e. The minimum Gasteiger partial charge on any atom is -0.423 e. The first-order valence-electron chi connectivity index (χ1n) is 11.7. The number of nitrogens with zero attached hydrogens (tertiary/aromatic N) is 3. The van der Waals surface area contributed by atoms with Gasteiger partial charge in [-0.1, -0.05) is 41.5 Å². The molecule has 35 heavy (non-hydrogen) atoms. The molecule has 1 aromatic heterocycles. The van der Waals surface area contributed by atoms with Crippen molar-refractivity contribution in [3.63, 3.8) is 0 Å². The van der Waals surface area contributed by atoms with E-state index in [-0.39, 0.29) is 23.4 Å². The van der Waals surface area contributed by atoms with E-state index in [1.54, 1.807) is 0 Å². The lowest BCUT2D eigenvalue weighted by Gasteiger charge is -2.22. The number of ether oxygens (including phenoxy) is 1. The third kappa shape index (κ3) is 5.33. The number of nitrogens with one attached hydrogen (secondary N) is 1. The molecule has 1 N–H and O–H groups in total. The zero-order valence-electron chi connectivity index (χ0n) is 19.7. The maximum Gasteiger partial charge on any atom is 0.324 e. The lowest BCUT2D eigenvalue weighted by molar-refractivity contribution is 0.436. The van der Waals surface area contributed by atoms with Crippen molar-refractivity contribution in [1.82, 2.24) is 9.97 Å². The second-order valence-electron chi connectivity index (χ2n) is 9.15. The number of allylic oxidation sites excluding steroid dienone is 2. The first-order valence-corrected chi connectivity index (χ1v) is 13.9. The lowest BCUT2D eigenvalue weighted by atomic mass is 9.98. The predicted octanol–water partition coefficient (Wildman–Crippen LogP) is 5.50. The van der Waals surface area contributed by atoms with Gasteiger partial charge in [-0.2, -0.15) is 9.97 Å². The van der Waals surface area contributed by atoms with Crippen LogP contribution < -0.4 is 10.1 Å². The third-order valence-electron chi connectivity index (χ3n) is 6.39. The lowest BCUT2D eigenvalue weighted by Crippen LogP contribution is -2.23. The summed E-state index contributed by atoms with van der Waals surface area (Å²) in [5.74, 6) is 2.06. The van der Waals surface area contributed by atoms with Gasteiger partial charge in [0.25, 0.3) is 0 Å². The van der Waals surface area contributed by atoms with Crippen LogP contribution in [-0.4, -0.2) is 42.3 Å². The number of aliphatic imine (C=N–C) groups is 1. The number of hydrogen-bond acceptors (Lipinski definition) is 7. The van der Waals surface area contributed by atoms with Gasteiger partial charge in [0.1, 0.15) is 27.2 Å². The van der Waals surface area contributed by atoms with Gasteiger partial charge in [-0.05, 0) is 56.4 Å². The van der Waals surface area contributed by atoms with Gasteiger partial charge in [0.15, 0.2) is 0 Å². The van der Waals surface area contributed by atoms with Crippen LogP contribution in [0.5, 0.6) is 11.8 Å². The number of halogens is 1. The maximum absolute atomic E-state index is 12.0. The van der Waals surface area contributed by atoms with Crippen LogP contribution in [-0.2, 0) is 16.3 Å². The van der Waals surface area contributed by atoms with Crippen LogP contribution in [0, 0.1) is 0 Å². The van der Waals surface area contributed by atoms with Gasteiger partial charge in [-0.3, -0.25) is 4.99 Å². The summed E-state index contributed by atoms with van der Waals surface area (Å²) in [7, 11) is -2.99. The van der Waals surface area contributed by atoms with Gasteiger partial charge in [-0.15, -0.1) is 0 Å². The molecule has 3 aliphatic rings. The SMILES string of the molecule is C/C=C/C1=CC(Nc2cc(C3CCS(=O)(=O)CC3)nc(Oc3ccc4c(c3Cl)C=C(C)C4)n2)=NC1. The zero-order valence-corrected chi connectivity index (χ0v) is 21.3. The molecule has 2 aromatic rings. The maximum atomic E-state index is 12.0. The van der Waals surface area contributed by atoms with Crippen molar-refractivity contribution in [2.75, 3.05) is 23.4 Å². The molecule has 0 bridgehead atoms. The fourth-order valence-corrected chi connectivity index (χ4v) is 6.38. The van der Waals surface area contributed by atoms with E-state index in [0.717, 1.165) is 23.3 Å². The Morgan fingerprint density at radius 1 is 1.17 bits per heavy atom. The first kappa shape index (κ1) is 23.8. The number of fused-ring (bicyclic) bond motifs is 1. The summed E-state index contributed by atoms with van der Waals surface area (Å²) in [6.07, 6.45) is 9.97. The average Bonchev–Trinajstić information content (AvgIpc) is 3.42. The van der Waals surface area contributed by atoms with E-state index in [2.05, 4.69) is 33.3 Å². The first-order chi connectivity index (χ1) is 16.8. The van der Waals surface area contributed by atoms with E-state index in [4.69, 9.17) is 16.3 Å². The van der Waals surface area contributed by atoms with Crippen molar-refractivity contribution >= 4 is 39.2 Å². The standard InChI is InChI=1S/C26H27ClN4O3S/c1-3-4-17-13-23(28-15-17)30-24-14-21(18-7-9-35(32,33)10-8-18)29-26(31-24)34-22-6-5-19-11-16(2)12-20(19)25(22)27/h3-6,12-14,18H,7-11,15H2,1-2H3,(H,28,29,30,31)/b4-3+. The summed E-state index contributed by atoms with van der Waals surface area (Å²) >= 11 is 6.67. The Labute approximate surface area is 210 Å². The van der Waals surface area contributed by atoms with Gasteiger partial charge in [0, 0.05) is 17.5 Å². The van der Waals surface area contributed by atoms with Crippen molar-refractivity contribution in [2.24, 2.45) is 4.99 Å². The molecule has 0 radical (unpaired) electrons. The summed E-state index contributed by atoms with van der Waals surface area (Å²) in [5.41, 5.74) is 5.24. The van der Waals surface area contributed by atoms with E-state index in [0.29, 0.717) is 41.8 Å². The predicted molar refractivity (Wildman–Crippen MR) is 140 cm³/mol. The summed E-state index contributed by atoms with van der Waals surface area (Å²) in [5, 5.41) is 3.79. The molecular formula is C26H27ClN4O3S. The molecule has 5 rings (SSSR count). The molecule has 1 saturated heterocycles. The van der Waals surface area contributed by atoms with Crippen LogP contribution in [0.15, 0.2) is 52.6 Å². The van der Waals surface area contributed by atoms with Crippen molar-refractivity contribution in [2.45, 2.75) is 39.0 Å². The number of benzene rings is 1. The summed E-state index contributed by atoms with van der Waals surface area (Å²) in [4.78, 5) is 13.8. The number of rotatable bonds is 5. The molecule has 1 aliphatic carbocycles. The second-order valence-corrected chi connectivity index (χ2v) is 11.8. The Bertz CT molecular complexity index is 1400. The molecule has 182 valence electrons. The smallest absolute Gasteiger partial charge is 0.324 e. The number of aromatic nitrogens is 2. The quantitative estimate of drug-likeness (QED) is 0.570. The Balaban J connectivity index is 1.46. The number of anilines is 1. The molecule has 9 heteroatoms. The van der Waals surface area contributed by atoms with Crippen LogP contribution in [0.1, 0.15) is 49.4 Å². The summed E-state index contributed by atoms with van der Waals surface area (Å²) < 4.78 is 30.0. The minimum absolute atomic E-state index is 0.00476. The van der Waals surface area contributed by atoms with E-state index < -0.39 is 9.84 Å². The highest BCUT2D eigenvalue weighted by Crippen LogP contribution is 2.39. The van der Waals surface area contributed by atoms with E-state index in [9.17, 15) is 8.42 Å². The monoisotopic (exact) mass is 510 g/mol. The number of amidine groups is 1. The highest BCUT2D eigenvalue weighted by atomic mass is 35.5. The zero-order chi connectivity index (χ0) is 24.6. The molecule has 1 aromatic carbocycles. The Morgan fingerprint density at radius 3 is 2.74 bits per heavy atom. The molecule has 7 nitrogen and oxygen atoms in total. The summed E-state index contributed by atoms with van der Waals surface area (Å²) in [6, 6.07) is 5.88. The normalized spacial score (nSPS) is 19.3. The third-order valence-corrected chi connectivity index (χ3v) is 8.49. The fraction of sp³-hybridized carbons (Fsp3) is 0.346. The highest BCUT2D eigenvalue weighted by Gasteiger charge is 2.27. The van der Waals surface area contributed by atoms with Gasteiger partial charge in [-0.25, -0.2) is 8.42 Å². The Hall–Kier alpha value is -2.97. The molecule has 0 spiro atoms. The van der Waals surface area contributed by atoms with E-state index in [1.807, 2.05) is 43.4 Å². The molecule has 1 fully saturated rings. The van der Waals surface area contributed by atoms with Crippen LogP contribution >= 0.6 is 11.6 Å². The van der Waals surface area contributed by atoms with Gasteiger partial charge in [0.05, 0.1) is 28.8 Å². The molecular weight excluding hydrogens is 484 g/mol. The van der Waals surface area contributed by atoms with Crippen molar-refractivity contribution in [3.8, 4) is 11.8 Å². The average molecular weight is 511 g/mol. The van der Waals surface area contributed by atoms with E-state index >= 15 is 0 Å². The summed E-state index contributed by atoms with van der Waals surface area (Å²) in [6.45, 7) is 4.65. The van der Waals surface area contributed by atoms with E-state index in [1.165, 1.54) is 11.1 Å². The molecule has 0 saturated carbocycles. The van der Waals surface area contributed by atoms with Crippen LogP contribution in [0.25, 0.3) is 6.08 Å². The Kier molecular flexibility index (Phi) is 6.51. The van der Waals surface area contributed by atoms with Crippen LogP contribution in [0.3, 0.4) is 0 Å². The fourth-order valence-electron chi connectivity index (χ4n) is 4.61. The molecule has 0 atom stereocenters. The Morgan fingerprint density at radius 2 is 1.97 bits per heavy atom. The van der Waals surface area contributed by atoms with Crippen LogP contribution in [0.2, 0.25) is 5.02 Å². The second kappa shape index (κ2) is 9.59. The molecule has 0 unspecified atom stereocenters. The molecule has 3 heterocycles. The molecule has 2 aliphatic heterocycles. The van der Waals surface area contributed by atoms with Crippen molar-refractivity contribution in [3.05, 3.63) is 69.4 Å². The topological polar surface area (TPSA) is 93.5 Å². The number of sulfone groups is 1. The van der Waals surface area contributed by atoms with Crippen LogP contribution in [0.4, 0.5) is 5.82 Å². The highest BCUT2D eigenvalue weighted by molar-refractivity contribution is 7.91. The molecule has 0 amide bonds. The van der Waals surface area contributed by atoms with Crippen molar-refractivity contribution < 1.29 is 13.2 Å². The van der Waals surface area contributed by atoms with Gasteiger partial charge in [0.2, 0.25) is 0 Å².